The lowest BCUT2D eigenvalue weighted by atomic mass is 10.0. The Kier molecular flexibility index (Phi) is 6.73. The molecular weight excluding hydrogens is 352 g/mol. The summed E-state index contributed by atoms with van der Waals surface area (Å²) in [6, 6.07) is 4.03. The van der Waals surface area contributed by atoms with Gasteiger partial charge in [-0.25, -0.2) is 0 Å². The molecule has 3 rings (SSSR count). The monoisotopic (exact) mass is 378 g/mol. The standard InChI is InChI=1S/C18H26N4O3S/c1-14-7-3-4-9-21(14)16(23)13-26-18-20-19-17(15-8-5-12-25-15)22(18)10-6-11-24-2/h5,8,12,14H,3-4,6-7,9-11,13H2,1-2H3/t14-/m0/s1. The molecule has 0 N–H and O–H groups in total. The Morgan fingerprint density at radius 3 is 3.04 bits per heavy atom. The van der Waals surface area contributed by atoms with E-state index in [4.69, 9.17) is 9.15 Å². The van der Waals surface area contributed by atoms with Crippen LogP contribution in [0.2, 0.25) is 0 Å². The Morgan fingerprint density at radius 1 is 1.42 bits per heavy atom. The number of thioether (sulfide) groups is 1. The highest BCUT2D eigenvalue weighted by Crippen LogP contribution is 2.26. The number of hydrogen-bond donors (Lipinski definition) is 0. The molecule has 3 heterocycles. The van der Waals surface area contributed by atoms with E-state index >= 15 is 0 Å². The van der Waals surface area contributed by atoms with Crippen molar-refractivity contribution in [3.63, 3.8) is 0 Å². The van der Waals surface area contributed by atoms with E-state index in [-0.39, 0.29) is 5.91 Å². The van der Waals surface area contributed by atoms with Gasteiger partial charge in [-0.3, -0.25) is 9.36 Å². The van der Waals surface area contributed by atoms with E-state index in [1.54, 1.807) is 13.4 Å². The molecule has 0 aliphatic carbocycles. The number of nitrogens with zero attached hydrogens (tertiary/aromatic N) is 4. The van der Waals surface area contributed by atoms with Crippen LogP contribution >= 0.6 is 11.8 Å². The summed E-state index contributed by atoms with van der Waals surface area (Å²) in [5.74, 6) is 1.92. The van der Waals surface area contributed by atoms with Gasteiger partial charge < -0.3 is 14.1 Å². The summed E-state index contributed by atoms with van der Waals surface area (Å²) in [5.41, 5.74) is 0. The van der Waals surface area contributed by atoms with E-state index < -0.39 is 0 Å². The van der Waals surface area contributed by atoms with Crippen molar-refractivity contribution in [2.75, 3.05) is 26.0 Å². The minimum absolute atomic E-state index is 0.174. The summed E-state index contributed by atoms with van der Waals surface area (Å²) >= 11 is 1.44. The number of furan rings is 1. The third-order valence-corrected chi connectivity index (χ3v) is 5.59. The molecular formula is C18H26N4O3S. The predicted octanol–water partition coefficient (Wildman–Crippen LogP) is 3.07. The second kappa shape index (κ2) is 9.23. The molecule has 0 spiro atoms. The fourth-order valence-corrected chi connectivity index (χ4v) is 4.08. The Bertz CT molecular complexity index is 701. The SMILES string of the molecule is COCCCn1c(SCC(=O)N2CCCC[C@@H]2C)nnc1-c1ccco1. The first-order chi connectivity index (χ1) is 12.7. The van der Waals surface area contributed by atoms with Gasteiger partial charge in [0.2, 0.25) is 5.91 Å². The van der Waals surface area contributed by atoms with E-state index in [0.717, 1.165) is 31.0 Å². The van der Waals surface area contributed by atoms with Crippen LogP contribution in [0.15, 0.2) is 28.0 Å². The molecule has 0 aromatic carbocycles. The number of piperidine rings is 1. The van der Waals surface area contributed by atoms with Crippen molar-refractivity contribution < 1.29 is 13.9 Å². The number of likely N-dealkylation sites (tertiary alicyclic amines) is 1. The van der Waals surface area contributed by atoms with E-state index in [0.29, 0.717) is 36.5 Å². The zero-order valence-corrected chi connectivity index (χ0v) is 16.2. The lowest BCUT2D eigenvalue weighted by Crippen LogP contribution is -2.43. The van der Waals surface area contributed by atoms with Crippen molar-refractivity contribution in [3.8, 4) is 11.6 Å². The summed E-state index contributed by atoms with van der Waals surface area (Å²) in [6.45, 7) is 4.36. The Morgan fingerprint density at radius 2 is 2.31 bits per heavy atom. The van der Waals surface area contributed by atoms with Gasteiger partial charge in [0.15, 0.2) is 16.7 Å². The van der Waals surface area contributed by atoms with E-state index in [9.17, 15) is 4.79 Å². The molecule has 7 nitrogen and oxygen atoms in total. The van der Waals surface area contributed by atoms with Crippen molar-refractivity contribution in [1.29, 1.82) is 0 Å². The van der Waals surface area contributed by atoms with Crippen LogP contribution in [-0.4, -0.2) is 57.6 Å². The molecule has 0 radical (unpaired) electrons. The molecule has 1 fully saturated rings. The van der Waals surface area contributed by atoms with Crippen molar-refractivity contribution in [2.24, 2.45) is 0 Å². The molecule has 0 unspecified atom stereocenters. The second-order valence-electron chi connectivity index (χ2n) is 6.50. The second-order valence-corrected chi connectivity index (χ2v) is 7.44. The molecule has 2 aromatic rings. The number of aromatic nitrogens is 3. The topological polar surface area (TPSA) is 73.4 Å². The molecule has 1 saturated heterocycles. The summed E-state index contributed by atoms with van der Waals surface area (Å²) in [4.78, 5) is 14.6. The van der Waals surface area contributed by atoms with Gasteiger partial charge in [0.1, 0.15) is 0 Å². The Hall–Kier alpha value is -1.80. The van der Waals surface area contributed by atoms with Crippen LogP contribution in [0.5, 0.6) is 0 Å². The fraction of sp³-hybridized carbons (Fsp3) is 0.611. The minimum atomic E-state index is 0.174. The summed E-state index contributed by atoms with van der Waals surface area (Å²) in [6.07, 6.45) is 5.85. The van der Waals surface area contributed by atoms with Crippen LogP contribution in [0.25, 0.3) is 11.6 Å². The first kappa shape index (κ1) is 19.0. The molecule has 142 valence electrons. The highest BCUT2D eigenvalue weighted by Gasteiger charge is 2.24. The van der Waals surface area contributed by atoms with Gasteiger partial charge in [0.05, 0.1) is 12.0 Å². The lowest BCUT2D eigenvalue weighted by molar-refractivity contribution is -0.131. The van der Waals surface area contributed by atoms with E-state index in [1.807, 2.05) is 21.6 Å². The van der Waals surface area contributed by atoms with E-state index in [2.05, 4.69) is 17.1 Å². The zero-order chi connectivity index (χ0) is 18.4. The molecule has 8 heteroatoms. The summed E-state index contributed by atoms with van der Waals surface area (Å²) in [5, 5.41) is 9.31. The minimum Gasteiger partial charge on any atom is -0.461 e. The van der Waals surface area contributed by atoms with Gasteiger partial charge in [0, 0.05) is 32.8 Å². The lowest BCUT2D eigenvalue weighted by Gasteiger charge is -2.33. The number of ether oxygens (including phenoxy) is 1. The van der Waals surface area contributed by atoms with Gasteiger partial charge in [0.25, 0.3) is 0 Å². The van der Waals surface area contributed by atoms with Crippen LogP contribution in [-0.2, 0) is 16.1 Å². The number of carbonyl (C=O) groups is 1. The quantitative estimate of drug-likeness (QED) is 0.519. The number of hydrogen-bond acceptors (Lipinski definition) is 6. The molecule has 1 atom stereocenters. The van der Waals surface area contributed by atoms with Crippen LogP contribution < -0.4 is 0 Å². The molecule has 0 saturated carbocycles. The smallest absolute Gasteiger partial charge is 0.233 e. The molecule has 1 amide bonds. The predicted molar refractivity (Wildman–Crippen MR) is 100.0 cm³/mol. The van der Waals surface area contributed by atoms with Crippen LogP contribution in [0.1, 0.15) is 32.6 Å². The largest absolute Gasteiger partial charge is 0.461 e. The maximum absolute atomic E-state index is 12.6. The molecule has 0 bridgehead atoms. The molecule has 1 aliphatic rings. The molecule has 26 heavy (non-hydrogen) atoms. The first-order valence-electron chi connectivity index (χ1n) is 9.09. The highest BCUT2D eigenvalue weighted by molar-refractivity contribution is 7.99. The maximum Gasteiger partial charge on any atom is 0.233 e. The van der Waals surface area contributed by atoms with Crippen molar-refractivity contribution in [2.45, 2.75) is 50.4 Å². The van der Waals surface area contributed by atoms with Crippen LogP contribution in [0.3, 0.4) is 0 Å². The summed E-state index contributed by atoms with van der Waals surface area (Å²) in [7, 11) is 1.69. The first-order valence-corrected chi connectivity index (χ1v) is 10.1. The molecule has 2 aromatic heterocycles. The Balaban J connectivity index is 1.69. The average Bonchev–Trinajstić information content (AvgIpc) is 3.30. The van der Waals surface area contributed by atoms with Gasteiger partial charge in [-0.05, 0) is 44.7 Å². The van der Waals surface area contributed by atoms with Crippen LogP contribution in [0.4, 0.5) is 0 Å². The van der Waals surface area contributed by atoms with Crippen molar-refractivity contribution in [1.82, 2.24) is 19.7 Å². The fourth-order valence-electron chi connectivity index (χ4n) is 3.23. The van der Waals surface area contributed by atoms with Crippen molar-refractivity contribution >= 4 is 17.7 Å². The maximum atomic E-state index is 12.6. The van der Waals surface area contributed by atoms with Gasteiger partial charge >= 0.3 is 0 Å². The number of carbonyl (C=O) groups excluding carboxylic acids is 1. The van der Waals surface area contributed by atoms with Gasteiger partial charge in [-0.15, -0.1) is 10.2 Å². The normalized spacial score (nSPS) is 17.6. The third kappa shape index (κ3) is 4.48. The van der Waals surface area contributed by atoms with Gasteiger partial charge in [-0.1, -0.05) is 11.8 Å². The number of rotatable bonds is 8. The zero-order valence-electron chi connectivity index (χ0n) is 15.4. The third-order valence-electron chi connectivity index (χ3n) is 4.64. The molecule has 1 aliphatic heterocycles. The van der Waals surface area contributed by atoms with Crippen molar-refractivity contribution in [3.05, 3.63) is 18.4 Å². The highest BCUT2D eigenvalue weighted by atomic mass is 32.2. The average molecular weight is 378 g/mol. The van der Waals surface area contributed by atoms with Crippen LogP contribution in [0, 0.1) is 0 Å². The van der Waals surface area contributed by atoms with E-state index in [1.165, 1.54) is 18.2 Å². The number of amides is 1. The summed E-state index contributed by atoms with van der Waals surface area (Å²) < 4.78 is 12.6. The van der Waals surface area contributed by atoms with Gasteiger partial charge in [-0.2, -0.15) is 0 Å². The Labute approximate surface area is 158 Å². The number of methoxy groups -OCH3 is 1.